The lowest BCUT2D eigenvalue weighted by atomic mass is 9.96. The first-order chi connectivity index (χ1) is 13.7. The number of fused-ring (bicyclic) bond motifs is 1. The van der Waals surface area contributed by atoms with Crippen molar-refractivity contribution < 1.29 is 14.3 Å². The van der Waals surface area contributed by atoms with E-state index in [1.165, 1.54) is 11.6 Å². The summed E-state index contributed by atoms with van der Waals surface area (Å²) in [5.41, 5.74) is 4.00. The molecule has 0 bridgehead atoms. The van der Waals surface area contributed by atoms with E-state index in [0.29, 0.717) is 38.3 Å². The monoisotopic (exact) mass is 376 g/mol. The van der Waals surface area contributed by atoms with Crippen molar-refractivity contribution in [3.8, 4) is 0 Å². The summed E-state index contributed by atoms with van der Waals surface area (Å²) in [5, 5.41) is 0. The summed E-state index contributed by atoms with van der Waals surface area (Å²) in [7, 11) is 0. The quantitative estimate of drug-likeness (QED) is 0.774. The number of carbonyl (C=O) groups is 2. The van der Waals surface area contributed by atoms with Crippen molar-refractivity contribution in [2.45, 2.75) is 19.1 Å². The molecule has 0 spiro atoms. The SMILES string of the molecule is C=CC(=O)N1CCc2ccc(C(=O)N3CCOC(c4ccccc4)C3)cc2C1. The molecule has 0 radical (unpaired) electrons. The molecular weight excluding hydrogens is 352 g/mol. The lowest BCUT2D eigenvalue weighted by Crippen LogP contribution is -2.42. The molecule has 2 amide bonds. The maximum Gasteiger partial charge on any atom is 0.254 e. The summed E-state index contributed by atoms with van der Waals surface area (Å²) in [5.74, 6) is -0.0551. The second-order valence-corrected chi connectivity index (χ2v) is 7.22. The van der Waals surface area contributed by atoms with Gasteiger partial charge in [-0.2, -0.15) is 0 Å². The Hall–Kier alpha value is -2.92. The summed E-state index contributed by atoms with van der Waals surface area (Å²) >= 11 is 0. The van der Waals surface area contributed by atoms with E-state index >= 15 is 0 Å². The van der Waals surface area contributed by atoms with Crippen LogP contribution in [0.4, 0.5) is 0 Å². The highest BCUT2D eigenvalue weighted by Gasteiger charge is 2.27. The third-order valence-electron chi connectivity index (χ3n) is 5.48. The van der Waals surface area contributed by atoms with E-state index in [0.717, 1.165) is 17.5 Å². The predicted molar refractivity (Wildman–Crippen MR) is 107 cm³/mol. The van der Waals surface area contributed by atoms with Crippen molar-refractivity contribution in [2.75, 3.05) is 26.2 Å². The molecule has 1 atom stereocenters. The molecule has 4 rings (SSSR count). The van der Waals surface area contributed by atoms with E-state index < -0.39 is 0 Å². The number of nitrogens with zero attached hydrogens (tertiary/aromatic N) is 2. The van der Waals surface area contributed by atoms with Gasteiger partial charge in [0, 0.05) is 25.2 Å². The summed E-state index contributed by atoms with van der Waals surface area (Å²) in [6.07, 6.45) is 2.05. The second-order valence-electron chi connectivity index (χ2n) is 7.22. The highest BCUT2D eigenvalue weighted by molar-refractivity contribution is 5.94. The maximum absolute atomic E-state index is 13.1. The molecule has 2 aliphatic rings. The minimum atomic E-state index is -0.0998. The first-order valence-electron chi connectivity index (χ1n) is 9.64. The van der Waals surface area contributed by atoms with Gasteiger partial charge in [-0.3, -0.25) is 9.59 Å². The topological polar surface area (TPSA) is 49.9 Å². The van der Waals surface area contributed by atoms with Crippen LogP contribution in [0.1, 0.15) is 33.2 Å². The Morgan fingerprint density at radius 2 is 1.86 bits per heavy atom. The van der Waals surface area contributed by atoms with Crippen LogP contribution >= 0.6 is 0 Å². The molecule has 1 unspecified atom stereocenters. The lowest BCUT2D eigenvalue weighted by molar-refractivity contribution is -0.126. The Bertz CT molecular complexity index is 894. The van der Waals surface area contributed by atoms with Gasteiger partial charge in [0.15, 0.2) is 0 Å². The van der Waals surface area contributed by atoms with Crippen LogP contribution in [-0.2, 0) is 22.5 Å². The first kappa shape index (κ1) is 18.4. The van der Waals surface area contributed by atoms with Gasteiger partial charge in [0.25, 0.3) is 5.91 Å². The first-order valence-corrected chi connectivity index (χ1v) is 9.64. The number of morpholine rings is 1. The summed E-state index contributed by atoms with van der Waals surface area (Å²) in [4.78, 5) is 28.7. The third-order valence-corrected chi connectivity index (χ3v) is 5.48. The number of rotatable bonds is 3. The molecule has 5 nitrogen and oxygen atoms in total. The van der Waals surface area contributed by atoms with E-state index in [1.54, 1.807) is 4.90 Å². The van der Waals surface area contributed by atoms with Gasteiger partial charge in [0.2, 0.25) is 5.91 Å². The molecule has 2 heterocycles. The van der Waals surface area contributed by atoms with Gasteiger partial charge in [-0.1, -0.05) is 43.0 Å². The molecule has 0 aromatic heterocycles. The molecule has 28 heavy (non-hydrogen) atoms. The van der Waals surface area contributed by atoms with Crippen molar-refractivity contribution in [1.29, 1.82) is 0 Å². The summed E-state index contributed by atoms with van der Waals surface area (Å²) in [6, 6.07) is 15.9. The highest BCUT2D eigenvalue weighted by atomic mass is 16.5. The van der Waals surface area contributed by atoms with E-state index in [2.05, 4.69) is 6.58 Å². The van der Waals surface area contributed by atoms with Crippen LogP contribution in [0.3, 0.4) is 0 Å². The Morgan fingerprint density at radius 3 is 2.64 bits per heavy atom. The number of ether oxygens (including phenoxy) is 1. The minimum Gasteiger partial charge on any atom is -0.370 e. The maximum atomic E-state index is 13.1. The van der Waals surface area contributed by atoms with Crippen molar-refractivity contribution in [1.82, 2.24) is 9.80 Å². The van der Waals surface area contributed by atoms with E-state index in [1.807, 2.05) is 53.4 Å². The third kappa shape index (κ3) is 3.71. The van der Waals surface area contributed by atoms with Gasteiger partial charge in [-0.15, -0.1) is 0 Å². The van der Waals surface area contributed by atoms with E-state index in [4.69, 9.17) is 4.74 Å². The van der Waals surface area contributed by atoms with Gasteiger partial charge < -0.3 is 14.5 Å². The molecule has 0 N–H and O–H groups in total. The zero-order valence-corrected chi connectivity index (χ0v) is 15.8. The van der Waals surface area contributed by atoms with Gasteiger partial charge in [0.1, 0.15) is 6.10 Å². The number of benzene rings is 2. The molecule has 0 saturated carbocycles. The smallest absolute Gasteiger partial charge is 0.254 e. The van der Waals surface area contributed by atoms with Crippen LogP contribution in [0.5, 0.6) is 0 Å². The van der Waals surface area contributed by atoms with Crippen LogP contribution < -0.4 is 0 Å². The standard InChI is InChI=1S/C23H24N2O3/c1-2-22(26)24-11-10-17-8-9-19(14-20(17)15-24)23(27)25-12-13-28-21(16-25)18-6-4-3-5-7-18/h2-9,14,21H,1,10-13,15-16H2. The van der Waals surface area contributed by atoms with E-state index in [9.17, 15) is 9.59 Å². The van der Waals surface area contributed by atoms with Crippen molar-refractivity contribution >= 4 is 11.8 Å². The molecule has 144 valence electrons. The fourth-order valence-corrected chi connectivity index (χ4v) is 3.89. The zero-order valence-electron chi connectivity index (χ0n) is 15.8. The normalized spacial score (nSPS) is 19.1. The zero-order chi connectivity index (χ0) is 19.5. The van der Waals surface area contributed by atoms with Crippen LogP contribution in [0.2, 0.25) is 0 Å². The molecular formula is C23H24N2O3. The van der Waals surface area contributed by atoms with E-state index in [-0.39, 0.29) is 17.9 Å². The lowest BCUT2D eigenvalue weighted by Gasteiger charge is -2.34. The number of amides is 2. The molecule has 2 aromatic rings. The average Bonchev–Trinajstić information content (AvgIpc) is 2.78. The average molecular weight is 376 g/mol. The number of hydrogen-bond acceptors (Lipinski definition) is 3. The van der Waals surface area contributed by atoms with Gasteiger partial charge in [-0.05, 0) is 41.3 Å². The van der Waals surface area contributed by atoms with Crippen molar-refractivity contribution in [3.63, 3.8) is 0 Å². The molecule has 2 aliphatic heterocycles. The number of hydrogen-bond donors (Lipinski definition) is 0. The minimum absolute atomic E-state index is 0.0131. The molecule has 2 aromatic carbocycles. The van der Waals surface area contributed by atoms with Crippen LogP contribution in [0.25, 0.3) is 0 Å². The highest BCUT2D eigenvalue weighted by Crippen LogP contribution is 2.25. The van der Waals surface area contributed by atoms with Gasteiger partial charge in [0.05, 0.1) is 13.2 Å². The fraction of sp³-hybridized carbons (Fsp3) is 0.304. The Kier molecular flexibility index (Phi) is 5.26. The largest absolute Gasteiger partial charge is 0.370 e. The van der Waals surface area contributed by atoms with Crippen molar-refractivity contribution in [3.05, 3.63) is 83.4 Å². The van der Waals surface area contributed by atoms with Crippen molar-refractivity contribution in [2.24, 2.45) is 0 Å². The van der Waals surface area contributed by atoms with Crippen LogP contribution in [0, 0.1) is 0 Å². The Labute approximate surface area is 165 Å². The summed E-state index contributed by atoms with van der Waals surface area (Å²) < 4.78 is 5.88. The van der Waals surface area contributed by atoms with Crippen LogP contribution in [-0.4, -0.2) is 47.9 Å². The summed E-state index contributed by atoms with van der Waals surface area (Å²) in [6.45, 7) is 6.43. The molecule has 0 aliphatic carbocycles. The second kappa shape index (κ2) is 7.98. The Balaban J connectivity index is 1.50. The molecule has 5 heteroatoms. The number of carbonyl (C=O) groups excluding carboxylic acids is 2. The molecule has 1 fully saturated rings. The van der Waals surface area contributed by atoms with Gasteiger partial charge >= 0.3 is 0 Å². The fourth-order valence-electron chi connectivity index (χ4n) is 3.89. The Morgan fingerprint density at radius 1 is 1.04 bits per heavy atom. The van der Waals surface area contributed by atoms with Crippen LogP contribution in [0.15, 0.2) is 61.2 Å². The van der Waals surface area contributed by atoms with Gasteiger partial charge in [-0.25, -0.2) is 0 Å². The predicted octanol–water partition coefficient (Wildman–Crippen LogP) is 2.97. The molecule has 1 saturated heterocycles.